The molecule has 3 aromatic rings. The van der Waals surface area contributed by atoms with Crippen LogP contribution in [0.2, 0.25) is 0 Å². The molecule has 3 aromatic heterocycles. The van der Waals surface area contributed by atoms with E-state index in [2.05, 4.69) is 20.4 Å². The third-order valence-electron chi connectivity index (χ3n) is 6.09. The van der Waals surface area contributed by atoms with Crippen LogP contribution in [-0.4, -0.2) is 62.7 Å². The third-order valence-corrected chi connectivity index (χ3v) is 7.65. The van der Waals surface area contributed by atoms with Gasteiger partial charge >= 0.3 is 5.97 Å². The monoisotopic (exact) mass is 540 g/mol. The van der Waals surface area contributed by atoms with Crippen LogP contribution in [0.3, 0.4) is 0 Å². The van der Waals surface area contributed by atoms with E-state index in [9.17, 15) is 19.5 Å². The number of β-lactam (4-membered cyclic amide) rings is 1. The third kappa shape index (κ3) is 4.44. The van der Waals surface area contributed by atoms with E-state index < -0.39 is 29.9 Å². The zero-order chi connectivity index (χ0) is 26.3. The molecule has 4 N–H and O–H groups in total. The van der Waals surface area contributed by atoms with Crippen LogP contribution in [0.15, 0.2) is 46.1 Å². The summed E-state index contributed by atoms with van der Waals surface area (Å²) in [6.45, 7) is 0. The summed E-state index contributed by atoms with van der Waals surface area (Å²) in [6, 6.07) is 2.42. The Bertz CT molecular complexity index is 1480. The second-order valence-corrected chi connectivity index (χ2v) is 10.1. The number of fused-ring (bicyclic) bond motifs is 1. The van der Waals surface area contributed by atoms with Crippen LogP contribution >= 0.6 is 22.7 Å². The number of thiazole rings is 2. The summed E-state index contributed by atoms with van der Waals surface area (Å²) in [4.78, 5) is 53.0. The van der Waals surface area contributed by atoms with Crippen LogP contribution in [-0.2, 0) is 26.3 Å². The molecule has 2 atom stereocenters. The maximum atomic E-state index is 13.1. The van der Waals surface area contributed by atoms with E-state index in [4.69, 9.17) is 10.6 Å². The molecular formula is C23H22N7O5S2+. The molecule has 5 rings (SSSR count). The van der Waals surface area contributed by atoms with Crippen LogP contribution in [0.5, 0.6) is 0 Å². The molecule has 1 saturated heterocycles. The van der Waals surface area contributed by atoms with Gasteiger partial charge in [-0.1, -0.05) is 5.16 Å². The summed E-state index contributed by atoms with van der Waals surface area (Å²) in [5.74, 6) is -2.41. The van der Waals surface area contributed by atoms with Gasteiger partial charge in [0.05, 0.1) is 17.3 Å². The summed E-state index contributed by atoms with van der Waals surface area (Å²) in [7, 11) is 3.19. The number of nitrogens with one attached hydrogen (secondary N) is 1. The fourth-order valence-electron chi connectivity index (χ4n) is 4.47. The van der Waals surface area contributed by atoms with E-state index in [1.807, 2.05) is 36.1 Å². The first-order chi connectivity index (χ1) is 17.8. The van der Waals surface area contributed by atoms with Gasteiger partial charge in [0.25, 0.3) is 11.8 Å². The Morgan fingerprint density at radius 3 is 2.81 bits per heavy atom. The fourth-order valence-corrected chi connectivity index (χ4v) is 5.85. The maximum absolute atomic E-state index is 13.1. The SMILES string of the molecule is CO/N=C(\C(=O)N[C@@H]1C(=O)N2C(C(=O)O)=C(c3csc(-c4ccc[n+](C)c4)n3)CC[C@H]12)c1csc(N)n1. The number of oxime groups is 1. The lowest BCUT2D eigenvalue weighted by atomic mass is 9.82. The maximum Gasteiger partial charge on any atom is 0.352 e. The molecule has 2 aliphatic rings. The summed E-state index contributed by atoms with van der Waals surface area (Å²) in [6.07, 6.45) is 4.68. The number of carboxylic acids is 1. The van der Waals surface area contributed by atoms with Crippen molar-refractivity contribution in [2.45, 2.75) is 24.9 Å². The molecule has 0 unspecified atom stereocenters. The highest BCUT2D eigenvalue weighted by Crippen LogP contribution is 2.41. The number of rotatable bonds is 7. The number of carbonyl (C=O) groups is 3. The smallest absolute Gasteiger partial charge is 0.352 e. The Labute approximate surface area is 218 Å². The van der Waals surface area contributed by atoms with Gasteiger partial charge in [0.1, 0.15) is 36.6 Å². The number of aryl methyl sites for hydroxylation is 1. The van der Waals surface area contributed by atoms with E-state index in [1.165, 1.54) is 23.3 Å². The molecule has 0 aliphatic carbocycles. The molecule has 2 amide bonds. The Kier molecular flexibility index (Phi) is 6.43. The minimum Gasteiger partial charge on any atom is -0.477 e. The predicted octanol–water partition coefficient (Wildman–Crippen LogP) is 1.01. The molecular weight excluding hydrogens is 518 g/mol. The van der Waals surface area contributed by atoms with Crippen LogP contribution in [0.1, 0.15) is 24.2 Å². The first kappa shape index (κ1) is 24.5. The molecule has 2 aliphatic heterocycles. The molecule has 0 spiro atoms. The molecule has 0 bridgehead atoms. The van der Waals surface area contributed by atoms with E-state index in [0.29, 0.717) is 24.1 Å². The Morgan fingerprint density at radius 2 is 2.14 bits per heavy atom. The van der Waals surface area contributed by atoms with Gasteiger partial charge in [-0.3, -0.25) is 14.5 Å². The zero-order valence-electron chi connectivity index (χ0n) is 19.7. The number of nitrogen functional groups attached to an aromatic ring is 1. The summed E-state index contributed by atoms with van der Waals surface area (Å²) < 4.78 is 1.91. The van der Waals surface area contributed by atoms with E-state index in [1.54, 1.807) is 10.8 Å². The van der Waals surface area contributed by atoms with E-state index in [0.717, 1.165) is 21.9 Å². The van der Waals surface area contributed by atoms with Gasteiger partial charge < -0.3 is 21.0 Å². The van der Waals surface area contributed by atoms with Gasteiger partial charge in [-0.05, 0) is 18.9 Å². The molecule has 5 heterocycles. The lowest BCUT2D eigenvalue weighted by Crippen LogP contribution is -2.72. The Balaban J connectivity index is 1.39. The van der Waals surface area contributed by atoms with Gasteiger partial charge in [-0.25, -0.2) is 19.3 Å². The molecule has 12 nitrogen and oxygen atoms in total. The number of anilines is 1. The minimum absolute atomic E-state index is 0.111. The number of nitrogens with two attached hydrogens (primary N) is 1. The van der Waals surface area contributed by atoms with Crippen molar-refractivity contribution in [2.24, 2.45) is 12.2 Å². The highest BCUT2D eigenvalue weighted by Gasteiger charge is 2.54. The topological polar surface area (TPSA) is 164 Å². The van der Waals surface area contributed by atoms with Crippen LogP contribution in [0.25, 0.3) is 16.1 Å². The van der Waals surface area contributed by atoms with Crippen LogP contribution in [0.4, 0.5) is 5.13 Å². The summed E-state index contributed by atoms with van der Waals surface area (Å²) >= 11 is 2.54. The molecule has 0 radical (unpaired) electrons. The van der Waals surface area contributed by atoms with Crippen LogP contribution < -0.4 is 15.6 Å². The van der Waals surface area contributed by atoms with Crippen molar-refractivity contribution in [1.29, 1.82) is 0 Å². The lowest BCUT2D eigenvalue weighted by Gasteiger charge is -2.50. The minimum atomic E-state index is -1.22. The number of carboxylic acid groups (broad SMARTS) is 1. The van der Waals surface area contributed by atoms with Crippen molar-refractivity contribution in [2.75, 3.05) is 12.8 Å². The number of amides is 2. The highest BCUT2D eigenvalue weighted by atomic mass is 32.1. The average molecular weight is 541 g/mol. The fraction of sp³-hybridized carbons (Fsp3) is 0.261. The first-order valence-electron chi connectivity index (χ1n) is 11.1. The van der Waals surface area contributed by atoms with Gasteiger partial charge in [0.15, 0.2) is 23.2 Å². The van der Waals surface area contributed by atoms with Crippen molar-refractivity contribution in [3.8, 4) is 10.6 Å². The first-order valence-corrected chi connectivity index (χ1v) is 12.9. The molecule has 0 saturated carbocycles. The normalized spacial score (nSPS) is 19.4. The molecule has 37 heavy (non-hydrogen) atoms. The Morgan fingerprint density at radius 1 is 1.32 bits per heavy atom. The van der Waals surface area contributed by atoms with Crippen molar-refractivity contribution in [3.63, 3.8) is 0 Å². The number of hydrogen-bond acceptors (Lipinski definition) is 10. The number of aliphatic carboxylic acids is 1. The summed E-state index contributed by atoms with van der Waals surface area (Å²) in [5.41, 5.74) is 7.56. The van der Waals surface area contributed by atoms with Gasteiger partial charge in [-0.2, -0.15) is 0 Å². The number of allylic oxidation sites excluding steroid dienone is 1. The van der Waals surface area contributed by atoms with Crippen LogP contribution in [0, 0.1) is 0 Å². The number of hydrogen-bond donors (Lipinski definition) is 3. The Hall–Kier alpha value is -4.17. The van der Waals surface area contributed by atoms with Crippen molar-refractivity contribution in [3.05, 3.63) is 52.4 Å². The van der Waals surface area contributed by atoms with Gasteiger partial charge in [0.2, 0.25) is 0 Å². The number of carbonyl (C=O) groups excluding carboxylic acids is 2. The second-order valence-electron chi connectivity index (χ2n) is 8.39. The summed E-state index contributed by atoms with van der Waals surface area (Å²) in [5, 5.41) is 20.8. The van der Waals surface area contributed by atoms with E-state index >= 15 is 0 Å². The van der Waals surface area contributed by atoms with E-state index in [-0.39, 0.29) is 22.2 Å². The molecule has 14 heteroatoms. The van der Waals surface area contributed by atoms with Crippen molar-refractivity contribution in [1.82, 2.24) is 20.2 Å². The number of pyridine rings is 1. The molecule has 1 fully saturated rings. The standard InChI is InChI=1S/C23H21N7O5S2/c1-29-7-3-4-11(8-29)20-25-13(9-36-20)12-5-6-15-17(21(32)30(15)18(12)22(33)34)27-19(31)16(28-35-2)14-10-37-23(24)26-14/h3-4,7-10,15,17H,5-6H2,1-2H3,(H3-,24,26,27,31,33,34)/p+1/b28-16-/t15-,17+/m1/s1. The predicted molar refractivity (Wildman–Crippen MR) is 135 cm³/mol. The van der Waals surface area contributed by atoms with Gasteiger partial charge in [-0.15, -0.1) is 22.7 Å². The second kappa shape index (κ2) is 9.71. The average Bonchev–Trinajstić information content (AvgIpc) is 3.54. The van der Waals surface area contributed by atoms with Crippen molar-refractivity contribution >= 4 is 56.9 Å². The number of aromatic nitrogens is 3. The zero-order valence-corrected chi connectivity index (χ0v) is 21.4. The van der Waals surface area contributed by atoms with Crippen molar-refractivity contribution < 1.29 is 28.9 Å². The molecule has 190 valence electrons. The highest BCUT2D eigenvalue weighted by molar-refractivity contribution is 7.13. The van der Waals surface area contributed by atoms with Gasteiger partial charge in [0, 0.05) is 22.4 Å². The largest absolute Gasteiger partial charge is 0.477 e. The lowest BCUT2D eigenvalue weighted by molar-refractivity contribution is -0.671. The quantitative estimate of drug-likeness (QED) is 0.173. The molecule has 0 aromatic carbocycles. The number of nitrogens with zero attached hydrogens (tertiary/aromatic N) is 5.